The fraction of sp³-hybridized carbons (Fsp3) is 0.500. The summed E-state index contributed by atoms with van der Waals surface area (Å²) >= 11 is 5.91. The van der Waals surface area contributed by atoms with Gasteiger partial charge in [0, 0.05) is 23.3 Å². The molecule has 1 fully saturated rings. The van der Waals surface area contributed by atoms with Gasteiger partial charge in [-0.25, -0.2) is 9.50 Å². The Labute approximate surface area is 105 Å². The Hall–Kier alpha value is -1.13. The third kappa shape index (κ3) is 2.42. The molecule has 90 valence electrons. The summed E-state index contributed by atoms with van der Waals surface area (Å²) in [5.74, 6) is 0.833. The van der Waals surface area contributed by atoms with Crippen molar-refractivity contribution in [1.82, 2.24) is 19.9 Å². The molecule has 0 saturated heterocycles. The van der Waals surface area contributed by atoms with E-state index in [1.807, 2.05) is 18.3 Å². The summed E-state index contributed by atoms with van der Waals surface area (Å²) in [4.78, 5) is 4.44. The Balaban J connectivity index is 1.72. The second-order valence-electron chi connectivity index (χ2n) is 4.54. The fourth-order valence-corrected chi connectivity index (χ4v) is 2.50. The van der Waals surface area contributed by atoms with E-state index >= 15 is 0 Å². The molecule has 0 atom stereocenters. The van der Waals surface area contributed by atoms with Crippen molar-refractivity contribution in [1.29, 1.82) is 0 Å². The van der Waals surface area contributed by atoms with Crippen molar-refractivity contribution < 1.29 is 0 Å². The summed E-state index contributed by atoms with van der Waals surface area (Å²) < 4.78 is 1.76. The van der Waals surface area contributed by atoms with E-state index in [-0.39, 0.29) is 0 Å². The topological polar surface area (TPSA) is 42.2 Å². The largest absolute Gasteiger partial charge is 0.307 e. The second kappa shape index (κ2) is 4.63. The Kier molecular flexibility index (Phi) is 2.99. The van der Waals surface area contributed by atoms with Gasteiger partial charge in [0.2, 0.25) is 0 Å². The van der Waals surface area contributed by atoms with Crippen molar-refractivity contribution in [2.45, 2.75) is 38.3 Å². The monoisotopic (exact) mass is 250 g/mol. The molecule has 4 nitrogen and oxygen atoms in total. The van der Waals surface area contributed by atoms with Crippen LogP contribution in [-0.4, -0.2) is 20.6 Å². The standard InChI is InChI=1S/C12H15ClN4/c13-9-5-6-17-12(7-9)15-11(16-17)8-14-10-3-1-2-4-10/h5-7,10,14H,1-4,8H2. The van der Waals surface area contributed by atoms with E-state index < -0.39 is 0 Å². The first-order valence-corrected chi connectivity index (χ1v) is 6.43. The molecule has 0 aliphatic heterocycles. The van der Waals surface area contributed by atoms with Crippen molar-refractivity contribution in [3.8, 4) is 0 Å². The number of pyridine rings is 1. The lowest BCUT2D eigenvalue weighted by Gasteiger charge is -2.08. The zero-order chi connectivity index (χ0) is 11.7. The Bertz CT molecular complexity index is 516. The summed E-state index contributed by atoms with van der Waals surface area (Å²) in [5.41, 5.74) is 0.806. The lowest BCUT2D eigenvalue weighted by molar-refractivity contribution is 0.513. The summed E-state index contributed by atoms with van der Waals surface area (Å²) in [6.45, 7) is 0.740. The van der Waals surface area contributed by atoms with Crippen molar-refractivity contribution in [3.63, 3.8) is 0 Å². The molecule has 17 heavy (non-hydrogen) atoms. The number of fused-ring (bicyclic) bond motifs is 1. The first kappa shape index (κ1) is 11.0. The van der Waals surface area contributed by atoms with E-state index in [9.17, 15) is 0 Å². The van der Waals surface area contributed by atoms with Crippen LogP contribution in [0.1, 0.15) is 31.5 Å². The predicted octanol–water partition coefficient (Wildman–Crippen LogP) is 2.41. The lowest BCUT2D eigenvalue weighted by Crippen LogP contribution is -2.25. The van der Waals surface area contributed by atoms with Gasteiger partial charge in [0.15, 0.2) is 11.5 Å². The minimum Gasteiger partial charge on any atom is -0.307 e. The highest BCUT2D eigenvalue weighted by Crippen LogP contribution is 2.18. The fourth-order valence-electron chi connectivity index (χ4n) is 2.34. The normalized spacial score (nSPS) is 17.0. The zero-order valence-electron chi connectivity index (χ0n) is 9.56. The number of nitrogens with one attached hydrogen (secondary N) is 1. The highest BCUT2D eigenvalue weighted by Gasteiger charge is 2.14. The van der Waals surface area contributed by atoms with Crippen LogP contribution in [0.25, 0.3) is 5.65 Å². The SMILES string of the molecule is Clc1ccn2nc(CNC3CCCC3)nc2c1. The van der Waals surface area contributed by atoms with Crippen LogP contribution in [0.3, 0.4) is 0 Å². The van der Waals surface area contributed by atoms with E-state index in [1.165, 1.54) is 25.7 Å². The molecule has 1 aliphatic rings. The lowest BCUT2D eigenvalue weighted by atomic mass is 10.2. The van der Waals surface area contributed by atoms with Gasteiger partial charge in [0.05, 0.1) is 6.54 Å². The first-order chi connectivity index (χ1) is 8.31. The van der Waals surface area contributed by atoms with Crippen LogP contribution in [0, 0.1) is 0 Å². The predicted molar refractivity (Wildman–Crippen MR) is 67.1 cm³/mol. The number of aromatic nitrogens is 3. The summed E-state index contributed by atoms with van der Waals surface area (Å²) in [7, 11) is 0. The molecule has 0 unspecified atom stereocenters. The number of halogens is 1. The maximum atomic E-state index is 5.91. The van der Waals surface area contributed by atoms with Crippen LogP contribution in [0.15, 0.2) is 18.3 Å². The molecule has 5 heteroatoms. The van der Waals surface area contributed by atoms with Crippen LogP contribution in [0.5, 0.6) is 0 Å². The average Bonchev–Trinajstić information content (AvgIpc) is 2.94. The highest BCUT2D eigenvalue weighted by atomic mass is 35.5. The van der Waals surface area contributed by atoms with E-state index in [0.29, 0.717) is 11.1 Å². The molecule has 1 aliphatic carbocycles. The molecule has 0 amide bonds. The third-order valence-electron chi connectivity index (χ3n) is 3.25. The second-order valence-corrected chi connectivity index (χ2v) is 4.97. The Morgan fingerprint density at radius 2 is 2.24 bits per heavy atom. The van der Waals surface area contributed by atoms with Crippen LogP contribution in [-0.2, 0) is 6.54 Å². The minimum absolute atomic E-state index is 0.644. The van der Waals surface area contributed by atoms with Gasteiger partial charge in [0.1, 0.15) is 0 Å². The van der Waals surface area contributed by atoms with Crippen molar-refractivity contribution >= 4 is 17.2 Å². The molecule has 0 radical (unpaired) electrons. The number of nitrogens with zero attached hydrogens (tertiary/aromatic N) is 3. The highest BCUT2D eigenvalue weighted by molar-refractivity contribution is 6.30. The quantitative estimate of drug-likeness (QED) is 0.910. The van der Waals surface area contributed by atoms with Gasteiger partial charge in [-0.1, -0.05) is 24.4 Å². The smallest absolute Gasteiger partial charge is 0.165 e. The van der Waals surface area contributed by atoms with E-state index in [0.717, 1.165) is 18.0 Å². The van der Waals surface area contributed by atoms with E-state index in [2.05, 4.69) is 15.4 Å². The average molecular weight is 251 g/mol. The molecule has 1 saturated carbocycles. The van der Waals surface area contributed by atoms with Crippen molar-refractivity contribution in [2.75, 3.05) is 0 Å². The van der Waals surface area contributed by atoms with Gasteiger partial charge < -0.3 is 5.32 Å². The van der Waals surface area contributed by atoms with Gasteiger partial charge in [-0.05, 0) is 18.9 Å². The van der Waals surface area contributed by atoms with E-state index in [4.69, 9.17) is 11.6 Å². The van der Waals surface area contributed by atoms with Gasteiger partial charge >= 0.3 is 0 Å². The molecule has 2 aromatic rings. The maximum Gasteiger partial charge on any atom is 0.165 e. The molecule has 3 rings (SSSR count). The molecular formula is C12H15ClN4. The summed E-state index contributed by atoms with van der Waals surface area (Å²) in [5, 5.41) is 8.60. The van der Waals surface area contributed by atoms with Crippen LogP contribution in [0.2, 0.25) is 5.02 Å². The molecule has 1 N–H and O–H groups in total. The molecular weight excluding hydrogens is 236 g/mol. The molecule has 0 spiro atoms. The zero-order valence-corrected chi connectivity index (χ0v) is 10.3. The van der Waals surface area contributed by atoms with E-state index in [1.54, 1.807) is 4.52 Å². The van der Waals surface area contributed by atoms with Crippen LogP contribution in [0.4, 0.5) is 0 Å². The maximum absolute atomic E-state index is 5.91. The molecule has 0 bridgehead atoms. The van der Waals surface area contributed by atoms with Crippen LogP contribution >= 0.6 is 11.6 Å². The Morgan fingerprint density at radius 1 is 1.41 bits per heavy atom. The van der Waals surface area contributed by atoms with Crippen molar-refractivity contribution in [3.05, 3.63) is 29.2 Å². The van der Waals surface area contributed by atoms with Gasteiger partial charge in [-0.15, -0.1) is 5.10 Å². The molecule has 2 aromatic heterocycles. The minimum atomic E-state index is 0.644. The number of hydrogen-bond acceptors (Lipinski definition) is 3. The molecule has 0 aromatic carbocycles. The Morgan fingerprint density at radius 3 is 3.06 bits per heavy atom. The third-order valence-corrected chi connectivity index (χ3v) is 3.48. The van der Waals surface area contributed by atoms with Gasteiger partial charge in [0.25, 0.3) is 0 Å². The summed E-state index contributed by atoms with van der Waals surface area (Å²) in [6.07, 6.45) is 7.07. The number of hydrogen-bond donors (Lipinski definition) is 1. The molecule has 2 heterocycles. The van der Waals surface area contributed by atoms with Crippen molar-refractivity contribution in [2.24, 2.45) is 0 Å². The first-order valence-electron chi connectivity index (χ1n) is 6.05. The van der Waals surface area contributed by atoms with Crippen LogP contribution < -0.4 is 5.32 Å². The van der Waals surface area contributed by atoms with Gasteiger partial charge in [-0.2, -0.15) is 0 Å². The number of rotatable bonds is 3. The van der Waals surface area contributed by atoms with Gasteiger partial charge in [-0.3, -0.25) is 0 Å². The summed E-state index contributed by atoms with van der Waals surface area (Å²) in [6, 6.07) is 4.29.